The van der Waals surface area contributed by atoms with Gasteiger partial charge in [-0.15, -0.1) is 0 Å². The van der Waals surface area contributed by atoms with Gasteiger partial charge in [-0.1, -0.05) is 0 Å². The molecule has 0 atom stereocenters. The number of rotatable bonds is 1. The van der Waals surface area contributed by atoms with Crippen LogP contribution in [0.4, 0.5) is 5.69 Å². The Labute approximate surface area is 97.1 Å². The van der Waals surface area contributed by atoms with Crippen LogP contribution in [0.1, 0.15) is 0 Å². The molecule has 4 N–H and O–H groups in total. The molecule has 2 aromatic rings. The van der Waals surface area contributed by atoms with Gasteiger partial charge in [0, 0.05) is 12.7 Å². The normalized spacial score (nSPS) is 10.2. The highest BCUT2D eigenvalue weighted by molar-refractivity contribution is 7.80. The van der Waals surface area contributed by atoms with Gasteiger partial charge >= 0.3 is 0 Å². The molecule has 6 heteroatoms. The molecular formula is C9H10N4S2. The Bertz CT molecular complexity index is 554. The van der Waals surface area contributed by atoms with Crippen molar-refractivity contribution < 1.29 is 0 Å². The van der Waals surface area contributed by atoms with Gasteiger partial charge in [-0.2, -0.15) is 0 Å². The summed E-state index contributed by atoms with van der Waals surface area (Å²) >= 11 is 10.0. The average molecular weight is 238 g/mol. The van der Waals surface area contributed by atoms with E-state index >= 15 is 0 Å². The molecule has 1 heterocycles. The Hall–Kier alpha value is -1.40. The van der Waals surface area contributed by atoms with Crippen molar-refractivity contribution in [3.8, 4) is 0 Å². The molecule has 15 heavy (non-hydrogen) atoms. The van der Waals surface area contributed by atoms with E-state index in [0.717, 1.165) is 16.7 Å². The molecule has 0 amide bonds. The average Bonchev–Trinajstić information content (AvgIpc) is 2.57. The molecule has 0 saturated heterocycles. The largest absolute Gasteiger partial charge is 0.366 e. The van der Waals surface area contributed by atoms with Gasteiger partial charge in [-0.25, -0.2) is 0 Å². The summed E-state index contributed by atoms with van der Waals surface area (Å²) in [4.78, 5) is 6.08. The van der Waals surface area contributed by atoms with Crippen molar-refractivity contribution in [1.82, 2.24) is 15.3 Å². The Morgan fingerprint density at radius 3 is 2.73 bits per heavy atom. The second kappa shape index (κ2) is 4.00. The van der Waals surface area contributed by atoms with Crippen LogP contribution in [0.5, 0.6) is 0 Å². The summed E-state index contributed by atoms with van der Waals surface area (Å²) in [6.07, 6.45) is 0. The van der Waals surface area contributed by atoms with Crippen molar-refractivity contribution in [2.24, 2.45) is 0 Å². The van der Waals surface area contributed by atoms with Gasteiger partial charge in [0.05, 0.1) is 11.0 Å². The first-order valence-electron chi connectivity index (χ1n) is 4.40. The third-order valence-corrected chi connectivity index (χ3v) is 2.51. The number of fused-ring (bicyclic) bond motifs is 1. The number of imidazole rings is 1. The van der Waals surface area contributed by atoms with E-state index in [-0.39, 0.29) is 0 Å². The number of aromatic nitrogens is 2. The maximum Gasteiger partial charge on any atom is 0.175 e. The maximum absolute atomic E-state index is 5.00. The fourth-order valence-corrected chi connectivity index (χ4v) is 1.64. The summed E-state index contributed by atoms with van der Waals surface area (Å²) in [6, 6.07) is 5.83. The van der Waals surface area contributed by atoms with Crippen LogP contribution < -0.4 is 10.6 Å². The first kappa shape index (κ1) is 10.1. The lowest BCUT2D eigenvalue weighted by atomic mass is 10.3. The zero-order valence-electron chi connectivity index (χ0n) is 8.05. The van der Waals surface area contributed by atoms with Crippen LogP contribution in [0.2, 0.25) is 0 Å². The topological polar surface area (TPSA) is 55.6 Å². The monoisotopic (exact) mass is 238 g/mol. The molecule has 1 aromatic heterocycles. The van der Waals surface area contributed by atoms with Gasteiger partial charge in [-0.05, 0) is 42.6 Å². The van der Waals surface area contributed by atoms with E-state index < -0.39 is 0 Å². The molecule has 4 nitrogen and oxygen atoms in total. The molecule has 2 rings (SSSR count). The first-order chi connectivity index (χ1) is 7.19. The van der Waals surface area contributed by atoms with E-state index in [1.165, 1.54) is 0 Å². The molecule has 0 saturated carbocycles. The lowest BCUT2D eigenvalue weighted by Crippen LogP contribution is -2.23. The van der Waals surface area contributed by atoms with Crippen LogP contribution in [0, 0.1) is 4.77 Å². The summed E-state index contributed by atoms with van der Waals surface area (Å²) in [7, 11) is 1.78. The fraction of sp³-hybridized carbons (Fsp3) is 0.111. The highest BCUT2D eigenvalue weighted by Crippen LogP contribution is 2.15. The lowest BCUT2D eigenvalue weighted by molar-refractivity contribution is 1.20. The number of hydrogen-bond donors (Lipinski definition) is 4. The van der Waals surface area contributed by atoms with Gasteiger partial charge in [0.25, 0.3) is 0 Å². The Morgan fingerprint density at radius 2 is 2.00 bits per heavy atom. The SMILES string of the molecule is CNC(=S)Nc1ccc2[nH]c(=S)[nH]c2c1. The molecule has 0 aliphatic carbocycles. The molecule has 0 spiro atoms. The first-order valence-corrected chi connectivity index (χ1v) is 5.21. The molecule has 1 aromatic carbocycles. The van der Waals surface area contributed by atoms with Crippen LogP contribution in [0.15, 0.2) is 18.2 Å². The van der Waals surface area contributed by atoms with Crippen molar-refractivity contribution in [3.05, 3.63) is 23.0 Å². The van der Waals surface area contributed by atoms with Crippen LogP contribution >= 0.6 is 24.4 Å². The van der Waals surface area contributed by atoms with E-state index in [1.54, 1.807) is 7.05 Å². The Kier molecular flexibility index (Phi) is 2.70. The minimum absolute atomic E-state index is 0.587. The lowest BCUT2D eigenvalue weighted by Gasteiger charge is -2.06. The van der Waals surface area contributed by atoms with E-state index in [2.05, 4.69) is 20.6 Å². The molecular weight excluding hydrogens is 228 g/mol. The van der Waals surface area contributed by atoms with Gasteiger partial charge in [0.1, 0.15) is 0 Å². The Balaban J connectivity index is 2.38. The second-order valence-corrected chi connectivity index (χ2v) is 3.86. The third kappa shape index (κ3) is 2.16. The van der Waals surface area contributed by atoms with E-state index in [0.29, 0.717) is 9.88 Å². The summed E-state index contributed by atoms with van der Waals surface area (Å²) in [5.41, 5.74) is 2.87. The molecule has 0 aliphatic heterocycles. The van der Waals surface area contributed by atoms with Crippen molar-refractivity contribution >= 4 is 46.3 Å². The fourth-order valence-electron chi connectivity index (χ4n) is 1.30. The number of aromatic amines is 2. The minimum atomic E-state index is 0.587. The van der Waals surface area contributed by atoms with Crippen LogP contribution in [0.25, 0.3) is 11.0 Å². The zero-order chi connectivity index (χ0) is 10.8. The van der Waals surface area contributed by atoms with Crippen LogP contribution in [0.3, 0.4) is 0 Å². The number of thiocarbonyl (C=S) groups is 1. The predicted octanol–water partition coefficient (Wildman–Crippen LogP) is 2.14. The molecule has 0 aliphatic rings. The van der Waals surface area contributed by atoms with Crippen molar-refractivity contribution in [2.75, 3.05) is 12.4 Å². The van der Waals surface area contributed by atoms with Gasteiger partial charge < -0.3 is 20.6 Å². The number of benzene rings is 1. The van der Waals surface area contributed by atoms with Gasteiger partial charge in [-0.3, -0.25) is 0 Å². The van der Waals surface area contributed by atoms with Gasteiger partial charge in [0.2, 0.25) is 0 Å². The number of H-pyrrole nitrogens is 2. The smallest absolute Gasteiger partial charge is 0.175 e. The minimum Gasteiger partial charge on any atom is -0.366 e. The van der Waals surface area contributed by atoms with Crippen LogP contribution in [-0.2, 0) is 0 Å². The Morgan fingerprint density at radius 1 is 1.27 bits per heavy atom. The van der Waals surface area contributed by atoms with E-state index in [9.17, 15) is 0 Å². The second-order valence-electron chi connectivity index (χ2n) is 3.04. The summed E-state index contributed by atoms with van der Waals surface area (Å²) in [5, 5.41) is 6.48. The van der Waals surface area contributed by atoms with Crippen LogP contribution in [-0.4, -0.2) is 22.1 Å². The van der Waals surface area contributed by atoms with Crippen molar-refractivity contribution in [2.45, 2.75) is 0 Å². The maximum atomic E-state index is 5.00. The molecule has 0 radical (unpaired) electrons. The van der Waals surface area contributed by atoms with E-state index in [1.807, 2.05) is 18.2 Å². The highest BCUT2D eigenvalue weighted by atomic mass is 32.1. The van der Waals surface area contributed by atoms with E-state index in [4.69, 9.17) is 24.4 Å². The molecule has 0 unspecified atom stereocenters. The number of anilines is 1. The summed E-state index contributed by atoms with van der Waals surface area (Å²) in [6.45, 7) is 0. The van der Waals surface area contributed by atoms with Crippen molar-refractivity contribution in [3.63, 3.8) is 0 Å². The summed E-state index contributed by atoms with van der Waals surface area (Å²) < 4.78 is 0.623. The summed E-state index contributed by atoms with van der Waals surface area (Å²) in [5.74, 6) is 0. The quantitative estimate of drug-likeness (QED) is 0.575. The number of nitrogens with one attached hydrogen (secondary N) is 4. The number of hydrogen-bond acceptors (Lipinski definition) is 2. The zero-order valence-corrected chi connectivity index (χ0v) is 9.68. The predicted molar refractivity (Wildman–Crippen MR) is 68.8 cm³/mol. The standard InChI is InChI=1S/C9H10N4S2/c1-10-8(14)11-5-2-3-6-7(4-5)13-9(15)12-6/h2-4H,1H3,(H2,10,11,14)(H2,12,13,15). The molecule has 0 fully saturated rings. The van der Waals surface area contributed by atoms with Gasteiger partial charge in [0.15, 0.2) is 9.88 Å². The third-order valence-electron chi connectivity index (χ3n) is 2.00. The van der Waals surface area contributed by atoms with Crippen molar-refractivity contribution in [1.29, 1.82) is 0 Å². The molecule has 0 bridgehead atoms. The molecule has 78 valence electrons. The highest BCUT2D eigenvalue weighted by Gasteiger charge is 1.99.